The minimum absolute atomic E-state index is 0.282. The molecule has 5 heteroatoms. The predicted octanol–water partition coefficient (Wildman–Crippen LogP) is 3.71. The minimum Gasteiger partial charge on any atom is -0.465 e. The lowest BCUT2D eigenvalue weighted by atomic mass is 10.2. The Morgan fingerprint density at radius 2 is 1.72 bits per heavy atom. The fraction of sp³-hybridized carbons (Fsp3) is 0.231. The van der Waals surface area contributed by atoms with Crippen LogP contribution < -0.4 is 4.72 Å². The summed E-state index contributed by atoms with van der Waals surface area (Å²) in [5, 5.41) is 0. The molecular weight excluding hydrogens is 250 g/mol. The highest BCUT2D eigenvalue weighted by Gasteiger charge is 2.15. The quantitative estimate of drug-likeness (QED) is 0.790. The second kappa shape index (κ2) is 5.16. The molecule has 0 amide bonds. The summed E-state index contributed by atoms with van der Waals surface area (Å²) in [5.74, 6) is 1.48. The van der Waals surface area contributed by atoms with E-state index in [4.69, 9.17) is 4.42 Å². The number of aryl methyl sites for hydroxylation is 2. The third-order valence-corrected chi connectivity index (χ3v) is 4.07. The third-order valence-electron chi connectivity index (χ3n) is 2.59. The van der Waals surface area contributed by atoms with Crippen LogP contribution in [0.3, 0.4) is 0 Å². The molecule has 2 aromatic rings. The van der Waals surface area contributed by atoms with E-state index in [1.54, 1.807) is 12.1 Å². The number of nitrogens with one attached hydrogen (secondary N) is 1. The van der Waals surface area contributed by atoms with Crippen molar-refractivity contribution in [3.05, 3.63) is 53.5 Å². The molecule has 1 heterocycles. The zero-order valence-electron chi connectivity index (χ0n) is 10.4. The Bertz CT molecular complexity index is 519. The minimum atomic E-state index is -2.98. The summed E-state index contributed by atoms with van der Waals surface area (Å²) in [6.45, 7) is 4.08. The van der Waals surface area contributed by atoms with E-state index in [2.05, 4.69) is 4.72 Å². The van der Waals surface area contributed by atoms with Crippen molar-refractivity contribution in [1.29, 1.82) is 0 Å². The van der Waals surface area contributed by atoms with Crippen molar-refractivity contribution in [2.24, 2.45) is 0 Å². The molecule has 0 aliphatic rings. The number of rotatable bonds is 4. The highest BCUT2D eigenvalue weighted by atomic mass is 32.3. The summed E-state index contributed by atoms with van der Waals surface area (Å²) in [4.78, 5) is 0.483. The van der Waals surface area contributed by atoms with Gasteiger partial charge in [0, 0.05) is 0 Å². The van der Waals surface area contributed by atoms with Crippen LogP contribution >= 0.6 is 10.8 Å². The van der Waals surface area contributed by atoms with Crippen molar-refractivity contribution in [1.82, 2.24) is 4.72 Å². The van der Waals surface area contributed by atoms with E-state index in [-0.39, 0.29) is 6.54 Å². The Balaban J connectivity index is 2.04. The molecule has 0 fully saturated rings. The van der Waals surface area contributed by atoms with Gasteiger partial charge in [0.05, 0.1) is 11.4 Å². The summed E-state index contributed by atoms with van der Waals surface area (Å²) in [5.41, 5.74) is 1.08. The molecule has 98 valence electrons. The zero-order valence-corrected chi connectivity index (χ0v) is 11.2. The molecule has 0 saturated carbocycles. The summed E-state index contributed by atoms with van der Waals surface area (Å²) in [6.07, 6.45) is 0. The molecule has 0 spiro atoms. The summed E-state index contributed by atoms with van der Waals surface area (Å²) in [7, 11) is -2.98. The molecule has 3 N–H and O–H groups in total. The average molecular weight is 267 g/mol. The van der Waals surface area contributed by atoms with E-state index in [1.165, 1.54) is 0 Å². The van der Waals surface area contributed by atoms with Gasteiger partial charge in [-0.1, -0.05) is 17.7 Å². The molecule has 0 aliphatic carbocycles. The maximum absolute atomic E-state index is 10.0. The van der Waals surface area contributed by atoms with Crippen LogP contribution in [0, 0.1) is 13.8 Å². The summed E-state index contributed by atoms with van der Waals surface area (Å²) < 4.78 is 28.1. The Kier molecular flexibility index (Phi) is 3.77. The van der Waals surface area contributed by atoms with E-state index in [9.17, 15) is 9.11 Å². The van der Waals surface area contributed by atoms with Gasteiger partial charge in [-0.15, -0.1) is 10.8 Å². The second-order valence-corrected chi connectivity index (χ2v) is 6.05. The van der Waals surface area contributed by atoms with Gasteiger partial charge in [-0.3, -0.25) is 9.11 Å². The second-order valence-electron chi connectivity index (χ2n) is 4.20. The molecule has 1 aromatic carbocycles. The Hall–Kier alpha value is -1.27. The Morgan fingerprint density at radius 3 is 2.28 bits per heavy atom. The van der Waals surface area contributed by atoms with Gasteiger partial charge in [-0.25, -0.2) is 4.72 Å². The fourth-order valence-corrected chi connectivity index (χ4v) is 2.59. The van der Waals surface area contributed by atoms with E-state index in [0.717, 1.165) is 11.3 Å². The first-order valence-electron chi connectivity index (χ1n) is 5.62. The normalized spacial score (nSPS) is 12.7. The maximum Gasteiger partial charge on any atom is 0.119 e. The van der Waals surface area contributed by atoms with E-state index in [1.807, 2.05) is 38.1 Å². The first-order valence-corrected chi connectivity index (χ1v) is 7.17. The monoisotopic (exact) mass is 267 g/mol. The van der Waals surface area contributed by atoms with Gasteiger partial charge in [0.25, 0.3) is 0 Å². The van der Waals surface area contributed by atoms with Crippen molar-refractivity contribution in [2.45, 2.75) is 25.3 Å². The van der Waals surface area contributed by atoms with Crippen LogP contribution in [0.2, 0.25) is 0 Å². The largest absolute Gasteiger partial charge is 0.465 e. The lowest BCUT2D eigenvalue weighted by Gasteiger charge is -2.32. The standard InChI is InChI=1S/C13H17NO3S/c1-10-3-7-13(8-4-10)18(15,16)14-9-12-6-5-11(2)17-12/h3-8,14-16H,9H2,1-2H3. The molecule has 2 rings (SSSR count). The van der Waals surface area contributed by atoms with Crippen LogP contribution in [-0.4, -0.2) is 9.11 Å². The number of furan rings is 1. The number of hydrogen-bond donors (Lipinski definition) is 3. The van der Waals surface area contributed by atoms with E-state index in [0.29, 0.717) is 10.7 Å². The fourth-order valence-electron chi connectivity index (χ4n) is 1.56. The van der Waals surface area contributed by atoms with Gasteiger partial charge in [-0.05, 0) is 38.1 Å². The van der Waals surface area contributed by atoms with Crippen LogP contribution in [0.15, 0.2) is 45.7 Å². The molecule has 0 saturated heterocycles. The first kappa shape index (κ1) is 13.2. The number of hydrogen-bond acceptors (Lipinski definition) is 4. The molecule has 4 nitrogen and oxygen atoms in total. The maximum atomic E-state index is 10.0. The highest BCUT2D eigenvalue weighted by molar-refractivity contribution is 8.22. The topological polar surface area (TPSA) is 65.6 Å². The first-order chi connectivity index (χ1) is 8.47. The van der Waals surface area contributed by atoms with Crippen molar-refractivity contribution in [2.75, 3.05) is 0 Å². The highest BCUT2D eigenvalue weighted by Crippen LogP contribution is 2.44. The molecule has 1 aromatic heterocycles. The lowest BCUT2D eigenvalue weighted by Crippen LogP contribution is -2.19. The molecule has 0 unspecified atom stereocenters. The van der Waals surface area contributed by atoms with Gasteiger partial charge < -0.3 is 4.42 Å². The predicted molar refractivity (Wildman–Crippen MR) is 72.6 cm³/mol. The zero-order chi connectivity index (χ0) is 13.2. The molecule has 0 bridgehead atoms. The summed E-state index contributed by atoms with van der Waals surface area (Å²) in [6, 6.07) is 10.8. The van der Waals surface area contributed by atoms with Crippen molar-refractivity contribution in [3.8, 4) is 0 Å². The van der Waals surface area contributed by atoms with Crippen LogP contribution in [0.5, 0.6) is 0 Å². The smallest absolute Gasteiger partial charge is 0.119 e. The van der Waals surface area contributed by atoms with Crippen LogP contribution in [0.4, 0.5) is 0 Å². The summed E-state index contributed by atoms with van der Waals surface area (Å²) >= 11 is 0. The van der Waals surface area contributed by atoms with Gasteiger partial charge in [0.15, 0.2) is 0 Å². The van der Waals surface area contributed by atoms with Gasteiger partial charge in [0.1, 0.15) is 11.5 Å². The Labute approximate surface area is 108 Å². The van der Waals surface area contributed by atoms with Crippen LogP contribution in [0.1, 0.15) is 17.1 Å². The Morgan fingerprint density at radius 1 is 1.06 bits per heavy atom. The average Bonchev–Trinajstić information content (AvgIpc) is 2.73. The van der Waals surface area contributed by atoms with E-state index < -0.39 is 10.8 Å². The van der Waals surface area contributed by atoms with E-state index >= 15 is 0 Å². The van der Waals surface area contributed by atoms with Gasteiger partial charge >= 0.3 is 0 Å². The molecular formula is C13H17NO3S. The molecule has 0 radical (unpaired) electrons. The molecule has 0 atom stereocenters. The van der Waals surface area contributed by atoms with Gasteiger partial charge in [0.2, 0.25) is 0 Å². The molecule has 18 heavy (non-hydrogen) atoms. The van der Waals surface area contributed by atoms with Crippen LogP contribution in [-0.2, 0) is 6.54 Å². The number of benzene rings is 1. The van der Waals surface area contributed by atoms with Crippen LogP contribution in [0.25, 0.3) is 0 Å². The third kappa shape index (κ3) is 3.14. The van der Waals surface area contributed by atoms with Gasteiger partial charge in [-0.2, -0.15) is 0 Å². The SMILES string of the molecule is Cc1ccc(S(O)(O)NCc2ccc(C)o2)cc1. The van der Waals surface area contributed by atoms with Crippen molar-refractivity contribution >= 4 is 10.8 Å². The van der Waals surface area contributed by atoms with Crippen molar-refractivity contribution < 1.29 is 13.5 Å². The molecule has 0 aliphatic heterocycles. The van der Waals surface area contributed by atoms with Crippen molar-refractivity contribution in [3.63, 3.8) is 0 Å². The lowest BCUT2D eigenvalue weighted by molar-refractivity contribution is 0.445.